The zero-order valence-electron chi connectivity index (χ0n) is 29.6. The highest BCUT2D eigenvalue weighted by Gasteiger charge is 2.27. The first-order valence-corrected chi connectivity index (χ1v) is 19.8. The van der Waals surface area contributed by atoms with Crippen LogP contribution in [0.1, 0.15) is 0 Å². The van der Waals surface area contributed by atoms with Crippen LogP contribution >= 0.6 is 11.3 Å². The predicted octanol–water partition coefficient (Wildman–Crippen LogP) is 14.7. The van der Waals surface area contributed by atoms with Gasteiger partial charge in [0.15, 0.2) is 0 Å². The van der Waals surface area contributed by atoms with Crippen LogP contribution in [0.15, 0.2) is 182 Å². The second-order valence-corrected chi connectivity index (χ2v) is 15.8. The van der Waals surface area contributed by atoms with Gasteiger partial charge in [-0.05, 0) is 86.6 Å². The molecule has 0 atom stereocenters. The standard InChI is InChI=1S/C52H30N2S/c1-2-15-32(16-3-1)53-43-25-9-6-20-40(43)47-48-42-22-8-11-27-45(42)55-52(48)49-41-21-7-10-26-44(41)54(51(49)50(47)53)33-17-12-14-31(30-33)34-28-29-39-36-19-5-4-18-35(36)38-24-13-23-37(34)46(38)39/h1-30H. The number of rotatable bonds is 3. The molecule has 0 N–H and O–H groups in total. The number of para-hydroxylation sites is 3. The fraction of sp³-hybridized carbons (Fsp3) is 0. The maximum absolute atomic E-state index is 2.55. The van der Waals surface area contributed by atoms with E-state index in [1.165, 1.54) is 108 Å². The Hall–Kier alpha value is -6.94. The Labute approximate surface area is 320 Å². The third-order valence-corrected chi connectivity index (χ3v) is 13.2. The van der Waals surface area contributed by atoms with Gasteiger partial charge in [-0.3, -0.25) is 0 Å². The highest BCUT2D eigenvalue weighted by molar-refractivity contribution is 7.27. The molecule has 0 unspecified atom stereocenters. The second kappa shape index (κ2) is 10.8. The molecule has 0 bridgehead atoms. The van der Waals surface area contributed by atoms with Gasteiger partial charge in [0.1, 0.15) is 0 Å². The van der Waals surface area contributed by atoms with Gasteiger partial charge in [0.05, 0.1) is 22.1 Å². The minimum Gasteiger partial charge on any atom is -0.307 e. The summed E-state index contributed by atoms with van der Waals surface area (Å²) in [6, 6.07) is 67.4. The molecule has 0 fully saturated rings. The summed E-state index contributed by atoms with van der Waals surface area (Å²) in [5.41, 5.74) is 15.0. The first kappa shape index (κ1) is 29.5. The quantitative estimate of drug-likeness (QED) is 0.172. The molecule has 3 heteroatoms. The molecule has 55 heavy (non-hydrogen) atoms. The summed E-state index contributed by atoms with van der Waals surface area (Å²) in [7, 11) is 0. The number of aromatic nitrogens is 2. The van der Waals surface area contributed by atoms with E-state index in [1.807, 2.05) is 11.3 Å². The summed E-state index contributed by atoms with van der Waals surface area (Å²) < 4.78 is 7.72. The lowest BCUT2D eigenvalue weighted by Gasteiger charge is -2.15. The number of thiophene rings is 1. The second-order valence-electron chi connectivity index (χ2n) is 14.8. The number of hydrogen-bond donors (Lipinski definition) is 0. The molecule has 0 saturated carbocycles. The summed E-state index contributed by atoms with van der Waals surface area (Å²) in [6.07, 6.45) is 0. The Balaban J connectivity index is 1.20. The molecule has 0 aliphatic heterocycles. The lowest BCUT2D eigenvalue weighted by Crippen LogP contribution is -1.99. The fourth-order valence-corrected chi connectivity index (χ4v) is 11.1. The van der Waals surface area contributed by atoms with E-state index in [1.54, 1.807) is 0 Å². The van der Waals surface area contributed by atoms with Gasteiger partial charge in [-0.1, -0.05) is 140 Å². The van der Waals surface area contributed by atoms with Crippen molar-refractivity contribution in [2.45, 2.75) is 0 Å². The van der Waals surface area contributed by atoms with E-state index in [9.17, 15) is 0 Å². The molecule has 12 aromatic rings. The van der Waals surface area contributed by atoms with Gasteiger partial charge in [0.2, 0.25) is 0 Å². The minimum absolute atomic E-state index is 1.15. The van der Waals surface area contributed by atoms with E-state index >= 15 is 0 Å². The van der Waals surface area contributed by atoms with E-state index in [0.717, 1.165) is 11.4 Å². The number of hydrogen-bond acceptors (Lipinski definition) is 1. The van der Waals surface area contributed by atoms with Crippen LogP contribution in [0.5, 0.6) is 0 Å². The van der Waals surface area contributed by atoms with Gasteiger partial charge >= 0.3 is 0 Å². The molecule has 0 saturated heterocycles. The number of benzene rings is 9. The van der Waals surface area contributed by atoms with Crippen LogP contribution in [-0.4, -0.2) is 9.13 Å². The van der Waals surface area contributed by atoms with Crippen LogP contribution in [0.2, 0.25) is 0 Å². The molecule has 1 aliphatic carbocycles. The van der Waals surface area contributed by atoms with Crippen molar-refractivity contribution < 1.29 is 0 Å². The van der Waals surface area contributed by atoms with Gasteiger partial charge in [-0.25, -0.2) is 0 Å². The van der Waals surface area contributed by atoms with Crippen LogP contribution in [0, 0.1) is 0 Å². The lowest BCUT2D eigenvalue weighted by molar-refractivity contribution is 1.15. The monoisotopic (exact) mass is 714 g/mol. The topological polar surface area (TPSA) is 9.86 Å². The summed E-state index contributed by atoms with van der Waals surface area (Å²) in [5.74, 6) is 0. The molecule has 13 rings (SSSR count). The molecule has 3 heterocycles. The molecule has 0 amide bonds. The van der Waals surface area contributed by atoms with E-state index in [2.05, 4.69) is 191 Å². The Kier molecular flexibility index (Phi) is 5.80. The van der Waals surface area contributed by atoms with Crippen LogP contribution < -0.4 is 0 Å². The van der Waals surface area contributed by atoms with Gasteiger partial charge in [0.25, 0.3) is 0 Å². The largest absolute Gasteiger partial charge is 0.307 e. The zero-order valence-corrected chi connectivity index (χ0v) is 30.4. The maximum Gasteiger partial charge on any atom is 0.0803 e. The average Bonchev–Trinajstić information content (AvgIpc) is 3.99. The number of fused-ring (bicyclic) bond motifs is 15. The zero-order chi connectivity index (χ0) is 35.8. The molecular formula is C52H30N2S. The molecular weight excluding hydrogens is 685 g/mol. The van der Waals surface area contributed by atoms with Crippen molar-refractivity contribution in [3.05, 3.63) is 182 Å². The third kappa shape index (κ3) is 3.82. The highest BCUT2D eigenvalue weighted by Crippen LogP contribution is 2.52. The van der Waals surface area contributed by atoms with E-state index in [0.29, 0.717) is 0 Å². The molecule has 2 nitrogen and oxygen atoms in total. The van der Waals surface area contributed by atoms with Crippen LogP contribution in [0.25, 0.3) is 119 Å². The van der Waals surface area contributed by atoms with Crippen LogP contribution in [-0.2, 0) is 0 Å². The van der Waals surface area contributed by atoms with Gasteiger partial charge < -0.3 is 9.13 Å². The van der Waals surface area contributed by atoms with Crippen LogP contribution in [0.4, 0.5) is 0 Å². The van der Waals surface area contributed by atoms with E-state index in [-0.39, 0.29) is 0 Å². The molecule has 9 aromatic carbocycles. The fourth-order valence-electron chi connectivity index (χ4n) is 9.87. The van der Waals surface area contributed by atoms with Gasteiger partial charge in [0, 0.05) is 53.1 Å². The van der Waals surface area contributed by atoms with Crippen molar-refractivity contribution >= 4 is 85.9 Å². The predicted molar refractivity (Wildman–Crippen MR) is 235 cm³/mol. The Morgan fingerprint density at radius 1 is 0.327 bits per heavy atom. The first-order valence-electron chi connectivity index (χ1n) is 18.9. The number of nitrogens with zero attached hydrogens (tertiary/aromatic N) is 2. The maximum atomic E-state index is 2.55. The Morgan fingerprint density at radius 3 is 1.67 bits per heavy atom. The van der Waals surface area contributed by atoms with Crippen molar-refractivity contribution in [1.82, 2.24) is 9.13 Å². The molecule has 0 spiro atoms. The molecule has 3 aromatic heterocycles. The van der Waals surface area contributed by atoms with Crippen LogP contribution in [0.3, 0.4) is 0 Å². The minimum atomic E-state index is 1.15. The molecule has 1 aliphatic rings. The SMILES string of the molecule is c1ccc(-n2c3ccccc3c3c4c5ccccc5sc4c4c5ccccc5n(-c5cccc(-c6ccc7c8c(cccc68)-c6ccccc6-7)c5)c4c32)cc1. The van der Waals surface area contributed by atoms with Gasteiger partial charge in [-0.2, -0.15) is 0 Å². The van der Waals surface area contributed by atoms with Crippen molar-refractivity contribution in [2.75, 3.05) is 0 Å². The van der Waals surface area contributed by atoms with E-state index in [4.69, 9.17) is 0 Å². The molecule has 0 radical (unpaired) electrons. The van der Waals surface area contributed by atoms with Crippen molar-refractivity contribution in [3.63, 3.8) is 0 Å². The summed E-state index contributed by atoms with van der Waals surface area (Å²) in [6.45, 7) is 0. The third-order valence-electron chi connectivity index (χ3n) is 12.0. The summed E-state index contributed by atoms with van der Waals surface area (Å²) in [5, 5.41) is 10.5. The molecule has 254 valence electrons. The van der Waals surface area contributed by atoms with Crippen molar-refractivity contribution in [1.29, 1.82) is 0 Å². The summed E-state index contributed by atoms with van der Waals surface area (Å²) >= 11 is 1.93. The smallest absolute Gasteiger partial charge is 0.0803 e. The average molecular weight is 715 g/mol. The van der Waals surface area contributed by atoms with E-state index < -0.39 is 0 Å². The Bertz CT molecular complexity index is 3570. The Morgan fingerprint density at radius 2 is 0.873 bits per heavy atom. The highest BCUT2D eigenvalue weighted by atomic mass is 32.1. The van der Waals surface area contributed by atoms with Gasteiger partial charge in [-0.15, -0.1) is 11.3 Å². The summed E-state index contributed by atoms with van der Waals surface area (Å²) in [4.78, 5) is 0. The van der Waals surface area contributed by atoms with Crippen molar-refractivity contribution in [2.24, 2.45) is 0 Å². The lowest BCUT2D eigenvalue weighted by atomic mass is 9.94. The first-order chi connectivity index (χ1) is 27.3. The normalized spacial score (nSPS) is 12.4. The van der Waals surface area contributed by atoms with Crippen molar-refractivity contribution in [3.8, 4) is 44.8 Å².